The van der Waals surface area contributed by atoms with Crippen LogP contribution in [-0.2, 0) is 33.2 Å². The molecular weight excluding hydrogens is 498 g/mol. The van der Waals surface area contributed by atoms with Crippen molar-refractivity contribution in [2.24, 2.45) is 0 Å². The number of hydrogen-bond donors (Lipinski definition) is 1. The van der Waals surface area contributed by atoms with Gasteiger partial charge >= 0.3 is 5.97 Å². The Labute approximate surface area is 206 Å². The number of hydrogen-bond acceptors (Lipinski definition) is 8. The lowest BCUT2D eigenvalue weighted by atomic mass is 10.1. The Morgan fingerprint density at radius 3 is 2.79 bits per heavy atom. The van der Waals surface area contributed by atoms with Crippen molar-refractivity contribution in [2.75, 3.05) is 11.9 Å². The second-order valence-electron chi connectivity index (χ2n) is 7.83. The zero-order valence-electron chi connectivity index (χ0n) is 18.6. The van der Waals surface area contributed by atoms with Crippen LogP contribution in [0.5, 0.6) is 0 Å². The highest BCUT2D eigenvalue weighted by Crippen LogP contribution is 2.39. The average Bonchev–Trinajstić information content (AvgIpc) is 3.34. The first kappa shape index (κ1) is 24.3. The van der Waals surface area contributed by atoms with E-state index in [-0.39, 0.29) is 23.1 Å². The van der Waals surface area contributed by atoms with E-state index >= 15 is 0 Å². The van der Waals surface area contributed by atoms with E-state index in [1.165, 1.54) is 11.3 Å². The molecule has 0 unspecified atom stereocenters. The van der Waals surface area contributed by atoms with Crippen LogP contribution >= 0.6 is 22.9 Å². The Hall–Kier alpha value is -2.82. The Balaban J connectivity index is 1.63. The highest BCUT2D eigenvalue weighted by atomic mass is 35.5. The minimum Gasteiger partial charge on any atom is -0.462 e. The number of aromatic nitrogens is 2. The largest absolute Gasteiger partial charge is 0.462 e. The maximum absolute atomic E-state index is 13.1. The summed E-state index contributed by atoms with van der Waals surface area (Å²) in [5.74, 6) is -1.56. The number of thiophene rings is 1. The lowest BCUT2D eigenvalue weighted by Gasteiger charge is -2.10. The minimum absolute atomic E-state index is 0.103. The van der Waals surface area contributed by atoms with Gasteiger partial charge in [-0.25, -0.2) is 23.2 Å². The number of carbonyl (C=O) groups excluding carboxylic acids is 2. The normalized spacial score (nSPS) is 12.9. The highest BCUT2D eigenvalue weighted by Gasteiger charge is 2.30. The van der Waals surface area contributed by atoms with Gasteiger partial charge in [-0.2, -0.15) is 0 Å². The van der Waals surface area contributed by atoms with Crippen molar-refractivity contribution in [3.8, 4) is 0 Å². The number of nitrogens with zero attached hydrogens (tertiary/aromatic N) is 2. The Morgan fingerprint density at radius 2 is 2.06 bits per heavy atom. The Bertz CT molecular complexity index is 1390. The maximum atomic E-state index is 13.1. The van der Waals surface area contributed by atoms with Gasteiger partial charge in [0.05, 0.1) is 29.1 Å². The fourth-order valence-corrected chi connectivity index (χ4v) is 6.46. The minimum atomic E-state index is -3.93. The number of fused-ring (bicyclic) bond motifs is 1. The fraction of sp³-hybridized carbons (Fsp3) is 0.304. The van der Waals surface area contributed by atoms with Gasteiger partial charge in [0, 0.05) is 4.88 Å². The summed E-state index contributed by atoms with van der Waals surface area (Å²) < 4.78 is 31.0. The van der Waals surface area contributed by atoms with E-state index in [4.69, 9.17) is 16.3 Å². The van der Waals surface area contributed by atoms with E-state index < -0.39 is 26.9 Å². The molecule has 1 N–H and O–H groups in total. The van der Waals surface area contributed by atoms with E-state index in [1.807, 2.05) is 13.0 Å². The number of aryl methyl sites for hydroxylation is 2. The van der Waals surface area contributed by atoms with Crippen LogP contribution in [0.15, 0.2) is 35.6 Å². The molecule has 11 heteroatoms. The van der Waals surface area contributed by atoms with Crippen LogP contribution < -0.4 is 5.32 Å². The van der Waals surface area contributed by atoms with Gasteiger partial charge in [0.1, 0.15) is 5.00 Å². The molecule has 0 atom stereocenters. The van der Waals surface area contributed by atoms with E-state index in [9.17, 15) is 18.0 Å². The summed E-state index contributed by atoms with van der Waals surface area (Å²) in [4.78, 5) is 34.5. The summed E-state index contributed by atoms with van der Waals surface area (Å²) in [6.45, 7) is 3.78. The third-order valence-electron chi connectivity index (χ3n) is 5.28. The van der Waals surface area contributed by atoms with E-state index in [2.05, 4.69) is 15.3 Å². The van der Waals surface area contributed by atoms with E-state index in [0.717, 1.165) is 41.5 Å². The highest BCUT2D eigenvalue weighted by molar-refractivity contribution is 7.90. The van der Waals surface area contributed by atoms with E-state index in [1.54, 1.807) is 25.1 Å². The molecule has 0 aliphatic heterocycles. The first-order chi connectivity index (χ1) is 16.2. The number of nitrogens with one attached hydrogen (secondary N) is 1. The first-order valence-electron chi connectivity index (χ1n) is 10.6. The third-order valence-corrected chi connectivity index (χ3v) is 8.23. The van der Waals surface area contributed by atoms with Crippen molar-refractivity contribution in [1.82, 2.24) is 9.97 Å². The molecule has 4 rings (SSSR count). The molecule has 178 valence electrons. The number of rotatable bonds is 7. The molecule has 0 saturated carbocycles. The lowest BCUT2D eigenvalue weighted by Crippen LogP contribution is -2.19. The summed E-state index contributed by atoms with van der Waals surface area (Å²) >= 11 is 7.45. The van der Waals surface area contributed by atoms with Crippen LogP contribution in [0.3, 0.4) is 0 Å². The van der Waals surface area contributed by atoms with Gasteiger partial charge in [0.15, 0.2) is 5.69 Å². The molecule has 3 aromatic rings. The summed E-state index contributed by atoms with van der Waals surface area (Å²) in [6.07, 6.45) is 3.57. The molecular formula is C23H22ClN3O5S2. The number of ether oxygens (including phenoxy) is 1. The molecule has 0 bridgehead atoms. The van der Waals surface area contributed by atoms with Crippen molar-refractivity contribution >= 4 is 49.7 Å². The zero-order chi connectivity index (χ0) is 24.5. The van der Waals surface area contributed by atoms with Gasteiger partial charge in [-0.1, -0.05) is 41.4 Å². The number of anilines is 1. The van der Waals surface area contributed by atoms with Crippen LogP contribution in [0, 0.1) is 6.92 Å². The maximum Gasteiger partial charge on any atom is 0.341 e. The lowest BCUT2D eigenvalue weighted by molar-refractivity contribution is 0.0527. The van der Waals surface area contributed by atoms with Crippen LogP contribution in [0.25, 0.3) is 0 Å². The molecule has 1 aliphatic carbocycles. The number of sulfone groups is 1. The number of amides is 1. The van der Waals surface area contributed by atoms with Gasteiger partial charge in [0.2, 0.25) is 15.0 Å². The van der Waals surface area contributed by atoms with Gasteiger partial charge in [-0.3, -0.25) is 4.79 Å². The molecule has 0 radical (unpaired) electrons. The van der Waals surface area contributed by atoms with Crippen LogP contribution in [0.2, 0.25) is 5.02 Å². The Morgan fingerprint density at radius 1 is 1.26 bits per heavy atom. The quantitative estimate of drug-likeness (QED) is 0.363. The van der Waals surface area contributed by atoms with Gasteiger partial charge < -0.3 is 10.1 Å². The molecule has 0 saturated heterocycles. The van der Waals surface area contributed by atoms with Crippen molar-refractivity contribution in [2.45, 2.75) is 44.0 Å². The first-order valence-corrected chi connectivity index (χ1v) is 13.5. The number of benzene rings is 1. The summed E-state index contributed by atoms with van der Waals surface area (Å²) in [7, 11) is -3.93. The van der Waals surface area contributed by atoms with Gasteiger partial charge in [-0.15, -0.1) is 11.3 Å². The predicted molar refractivity (Wildman–Crippen MR) is 129 cm³/mol. The van der Waals surface area contributed by atoms with Crippen molar-refractivity contribution < 1.29 is 22.7 Å². The van der Waals surface area contributed by atoms with E-state index in [0.29, 0.717) is 16.1 Å². The summed E-state index contributed by atoms with van der Waals surface area (Å²) in [5, 5.41) is 2.42. The van der Waals surface area contributed by atoms with Gasteiger partial charge in [-0.05, 0) is 44.2 Å². The molecule has 8 nitrogen and oxygen atoms in total. The standard InChI is InChI=1S/C23H22ClN3O5S2/c1-3-32-22(29)18-15-8-5-9-17(15)33-21(18)27-20(28)19-16(24)11-25-23(26-19)34(30,31)12-14-7-4-6-13(2)10-14/h4,6-7,10-11H,3,5,8-9,12H2,1-2H3,(H,27,28). The molecule has 34 heavy (non-hydrogen) atoms. The van der Waals surface area contributed by atoms with Crippen molar-refractivity contribution in [3.63, 3.8) is 0 Å². The van der Waals surface area contributed by atoms with Crippen LogP contribution in [0.1, 0.15) is 55.8 Å². The number of carbonyl (C=O) groups is 2. The summed E-state index contributed by atoms with van der Waals surface area (Å²) in [6, 6.07) is 7.08. The molecule has 1 aliphatic rings. The second-order valence-corrected chi connectivity index (χ2v) is 11.2. The topological polar surface area (TPSA) is 115 Å². The molecule has 1 amide bonds. The summed E-state index contributed by atoms with van der Waals surface area (Å²) in [5.41, 5.74) is 2.43. The second kappa shape index (κ2) is 9.81. The fourth-order valence-electron chi connectivity index (χ4n) is 3.82. The van der Waals surface area contributed by atoms with Crippen LogP contribution in [0.4, 0.5) is 5.00 Å². The SMILES string of the molecule is CCOC(=O)c1c(NC(=O)c2nc(S(=O)(=O)Cc3cccc(C)c3)ncc2Cl)sc2c1CCC2. The molecule has 1 aromatic carbocycles. The smallest absolute Gasteiger partial charge is 0.341 e. The predicted octanol–water partition coefficient (Wildman–Crippen LogP) is 4.39. The third kappa shape index (κ3) is 4.98. The molecule has 2 heterocycles. The zero-order valence-corrected chi connectivity index (χ0v) is 20.9. The van der Waals surface area contributed by atoms with Crippen molar-refractivity contribution in [3.05, 3.63) is 68.3 Å². The molecule has 0 fully saturated rings. The monoisotopic (exact) mass is 519 g/mol. The number of halogens is 1. The van der Waals surface area contributed by atoms with Gasteiger partial charge in [0.25, 0.3) is 5.91 Å². The average molecular weight is 520 g/mol. The molecule has 0 spiro atoms. The number of esters is 1. The van der Waals surface area contributed by atoms with Crippen molar-refractivity contribution in [1.29, 1.82) is 0 Å². The van der Waals surface area contributed by atoms with Crippen LogP contribution in [-0.4, -0.2) is 36.9 Å². The molecule has 2 aromatic heterocycles. The Kier molecular flexibility index (Phi) is 7.01.